The quantitative estimate of drug-likeness (QED) is 0.192. The molecule has 2 saturated heterocycles. The van der Waals surface area contributed by atoms with Gasteiger partial charge < -0.3 is 29.3 Å². The number of benzene rings is 1. The van der Waals surface area contributed by atoms with E-state index in [1.807, 2.05) is 51.7 Å². The molecule has 2 unspecified atom stereocenters. The number of anilines is 1. The summed E-state index contributed by atoms with van der Waals surface area (Å²) in [4.78, 5) is 47.4. The first-order valence-electron chi connectivity index (χ1n) is 16.9. The molecule has 2 amide bonds. The number of aromatic nitrogens is 1. The van der Waals surface area contributed by atoms with Crippen molar-refractivity contribution in [3.05, 3.63) is 47.2 Å². The zero-order valence-electron chi connectivity index (χ0n) is 28.6. The monoisotopic (exact) mass is 647 g/mol. The predicted octanol–water partition coefficient (Wildman–Crippen LogP) is 6.36. The van der Waals surface area contributed by atoms with E-state index in [0.29, 0.717) is 48.7 Å². The zero-order chi connectivity index (χ0) is 33.9. The van der Waals surface area contributed by atoms with Gasteiger partial charge in [0.1, 0.15) is 11.4 Å². The number of likely N-dealkylation sites (tertiary alicyclic amines) is 2. The van der Waals surface area contributed by atoms with Gasteiger partial charge in [0.15, 0.2) is 5.69 Å². The van der Waals surface area contributed by atoms with Gasteiger partial charge in [-0.2, -0.15) is 0 Å². The number of esters is 1. The van der Waals surface area contributed by atoms with Crippen LogP contribution in [0.1, 0.15) is 100 Å². The van der Waals surface area contributed by atoms with Crippen LogP contribution in [0.15, 0.2) is 30.3 Å². The molecule has 3 fully saturated rings. The number of amides is 2. The number of rotatable bonds is 8. The van der Waals surface area contributed by atoms with Crippen LogP contribution in [0.4, 0.5) is 10.6 Å². The number of carbonyl (C=O) groups excluding carboxylic acids is 3. The van der Waals surface area contributed by atoms with Crippen molar-refractivity contribution in [3.8, 4) is 11.1 Å². The molecule has 2 N–H and O–H groups in total. The second kappa shape index (κ2) is 14.3. The number of pyridine rings is 1. The molecule has 0 spiro atoms. The van der Waals surface area contributed by atoms with E-state index in [0.717, 1.165) is 31.2 Å². The summed E-state index contributed by atoms with van der Waals surface area (Å²) in [5.41, 5.74) is 1.94. The second-order valence-electron chi connectivity index (χ2n) is 14.2. The van der Waals surface area contributed by atoms with E-state index in [-0.39, 0.29) is 54.2 Å². The zero-order valence-corrected chi connectivity index (χ0v) is 28.6. The number of fused-ring (bicyclic) bond motifs is 1. The Labute approximate surface area is 277 Å². The van der Waals surface area contributed by atoms with Gasteiger partial charge in [-0.05, 0) is 78.1 Å². The summed E-state index contributed by atoms with van der Waals surface area (Å²) in [7, 11) is 0. The Hall–Kier alpha value is -4.15. The van der Waals surface area contributed by atoms with Crippen LogP contribution in [-0.4, -0.2) is 89.2 Å². The second-order valence-corrected chi connectivity index (χ2v) is 14.2. The third-order valence-corrected chi connectivity index (χ3v) is 8.90. The minimum Gasteiger partial charge on any atom is -0.475 e. The lowest BCUT2D eigenvalue weighted by Gasteiger charge is -2.26. The molecule has 1 aliphatic carbocycles. The minimum atomic E-state index is -0.546. The van der Waals surface area contributed by atoms with Crippen LogP contribution in [0.5, 0.6) is 0 Å². The molecule has 2 atom stereocenters. The molecule has 3 heterocycles. The van der Waals surface area contributed by atoms with Crippen LogP contribution in [0.3, 0.4) is 0 Å². The van der Waals surface area contributed by atoms with Crippen molar-refractivity contribution in [1.29, 1.82) is 5.41 Å². The Bertz CT molecular complexity index is 1460. The Morgan fingerprint density at radius 1 is 0.979 bits per heavy atom. The molecule has 2 aliphatic heterocycles. The molecule has 2 aromatic rings. The lowest BCUT2D eigenvalue weighted by molar-refractivity contribution is 0.0275. The SMILES string of the molecule is CCOC(=O)c1cc(-c2ccc(C(=O)N3CC4CN(C(=O)OC(C)(C)C)CC4C3)cc2)c(C(=N)OC(C)C)c(NC2CCCCC2)n1. The van der Waals surface area contributed by atoms with Gasteiger partial charge in [0.25, 0.3) is 5.91 Å². The highest BCUT2D eigenvalue weighted by Gasteiger charge is 2.44. The van der Waals surface area contributed by atoms with Gasteiger partial charge in [0.05, 0.1) is 18.3 Å². The number of hydrogen-bond acceptors (Lipinski definition) is 9. The highest BCUT2D eigenvalue weighted by atomic mass is 16.6. The topological polar surface area (TPSA) is 134 Å². The summed E-state index contributed by atoms with van der Waals surface area (Å²) in [6.45, 7) is 13.6. The maximum absolute atomic E-state index is 13.6. The average molecular weight is 648 g/mol. The van der Waals surface area contributed by atoms with Crippen molar-refractivity contribution < 1.29 is 28.6 Å². The average Bonchev–Trinajstić information content (AvgIpc) is 3.60. The molecule has 11 nitrogen and oxygen atoms in total. The Morgan fingerprint density at radius 3 is 2.17 bits per heavy atom. The third-order valence-electron chi connectivity index (χ3n) is 8.90. The number of nitrogens with zero attached hydrogens (tertiary/aromatic N) is 3. The Morgan fingerprint density at radius 2 is 1.60 bits per heavy atom. The van der Waals surface area contributed by atoms with Crippen LogP contribution >= 0.6 is 0 Å². The lowest BCUT2D eigenvalue weighted by Crippen LogP contribution is -2.38. The molecule has 1 aromatic heterocycles. The third kappa shape index (κ3) is 8.23. The van der Waals surface area contributed by atoms with Gasteiger partial charge in [-0.3, -0.25) is 10.2 Å². The smallest absolute Gasteiger partial charge is 0.410 e. The number of carbonyl (C=O) groups is 3. The van der Waals surface area contributed by atoms with Crippen LogP contribution in [-0.2, 0) is 14.2 Å². The van der Waals surface area contributed by atoms with Crippen molar-refractivity contribution in [2.45, 2.75) is 91.4 Å². The van der Waals surface area contributed by atoms with E-state index >= 15 is 0 Å². The molecule has 5 rings (SSSR count). The van der Waals surface area contributed by atoms with Gasteiger partial charge in [-0.15, -0.1) is 0 Å². The molecule has 1 aromatic carbocycles. The summed E-state index contributed by atoms with van der Waals surface area (Å²) >= 11 is 0. The molecular formula is C36H49N5O6. The fourth-order valence-electron chi connectivity index (χ4n) is 6.76. The first-order chi connectivity index (χ1) is 22.3. The Kier molecular flexibility index (Phi) is 10.4. The molecule has 0 radical (unpaired) electrons. The van der Waals surface area contributed by atoms with Gasteiger partial charge >= 0.3 is 12.1 Å². The maximum Gasteiger partial charge on any atom is 0.410 e. The summed E-state index contributed by atoms with van der Waals surface area (Å²) in [6.07, 6.45) is 4.82. The number of ether oxygens (including phenoxy) is 3. The standard InChI is InChI=1S/C36H49N5O6/c1-7-45-34(43)29-17-28(30(31(37)46-22(2)3)32(39-29)38-27-11-9-8-10-12-27)23-13-15-24(16-14-23)33(42)40-18-25-20-41(21-26(25)19-40)35(44)47-36(4,5)6/h13-17,22,25-27,37H,7-12,18-21H2,1-6H3,(H,38,39). The van der Waals surface area contributed by atoms with Crippen LogP contribution < -0.4 is 5.32 Å². The molecule has 0 bridgehead atoms. The Balaban J connectivity index is 1.39. The van der Waals surface area contributed by atoms with Crippen molar-refractivity contribution in [2.24, 2.45) is 11.8 Å². The summed E-state index contributed by atoms with van der Waals surface area (Å²) in [5.74, 6) is 0.210. The van der Waals surface area contributed by atoms with E-state index in [9.17, 15) is 14.4 Å². The van der Waals surface area contributed by atoms with Crippen molar-refractivity contribution in [1.82, 2.24) is 14.8 Å². The van der Waals surface area contributed by atoms with E-state index in [2.05, 4.69) is 10.3 Å². The molecule has 11 heteroatoms. The molecule has 3 aliphatic rings. The number of nitrogens with one attached hydrogen (secondary N) is 2. The summed E-state index contributed by atoms with van der Waals surface area (Å²) in [6, 6.07) is 9.07. The largest absolute Gasteiger partial charge is 0.475 e. The van der Waals surface area contributed by atoms with E-state index in [1.165, 1.54) is 6.42 Å². The normalized spacial score (nSPS) is 19.8. The van der Waals surface area contributed by atoms with Gasteiger partial charge in [0, 0.05) is 55.2 Å². The van der Waals surface area contributed by atoms with Crippen molar-refractivity contribution in [2.75, 3.05) is 38.1 Å². The van der Waals surface area contributed by atoms with E-state index in [4.69, 9.17) is 19.6 Å². The van der Waals surface area contributed by atoms with Gasteiger partial charge in [-0.1, -0.05) is 31.4 Å². The van der Waals surface area contributed by atoms with Crippen molar-refractivity contribution >= 4 is 29.7 Å². The number of hydrogen-bond donors (Lipinski definition) is 2. The van der Waals surface area contributed by atoms with Crippen LogP contribution in [0.2, 0.25) is 0 Å². The van der Waals surface area contributed by atoms with Crippen molar-refractivity contribution in [3.63, 3.8) is 0 Å². The summed E-state index contributed by atoms with van der Waals surface area (Å²) < 4.78 is 16.7. The lowest BCUT2D eigenvalue weighted by atomic mass is 9.94. The van der Waals surface area contributed by atoms with E-state index < -0.39 is 11.6 Å². The molecular weight excluding hydrogens is 598 g/mol. The highest BCUT2D eigenvalue weighted by Crippen LogP contribution is 2.35. The van der Waals surface area contributed by atoms with Crippen LogP contribution in [0.25, 0.3) is 11.1 Å². The molecule has 254 valence electrons. The van der Waals surface area contributed by atoms with Gasteiger partial charge in [0.2, 0.25) is 5.90 Å². The van der Waals surface area contributed by atoms with Crippen LogP contribution in [0, 0.1) is 17.2 Å². The molecule has 47 heavy (non-hydrogen) atoms. The summed E-state index contributed by atoms with van der Waals surface area (Å²) in [5, 5.41) is 12.4. The first kappa shape index (κ1) is 34.2. The highest BCUT2D eigenvalue weighted by molar-refractivity contribution is 6.05. The van der Waals surface area contributed by atoms with Gasteiger partial charge in [-0.25, -0.2) is 14.6 Å². The predicted molar refractivity (Wildman–Crippen MR) is 180 cm³/mol. The molecule has 1 saturated carbocycles. The minimum absolute atomic E-state index is 0.0413. The van der Waals surface area contributed by atoms with E-state index in [1.54, 1.807) is 30.0 Å². The fourth-order valence-corrected chi connectivity index (χ4v) is 6.76. The maximum atomic E-state index is 13.6. The first-order valence-corrected chi connectivity index (χ1v) is 16.9. The fraction of sp³-hybridized carbons (Fsp3) is 0.583.